The maximum absolute atomic E-state index is 12.8. The van der Waals surface area contributed by atoms with E-state index in [0.29, 0.717) is 23.5 Å². The van der Waals surface area contributed by atoms with E-state index in [1.165, 1.54) is 24.3 Å². The van der Waals surface area contributed by atoms with Gasteiger partial charge in [-0.15, -0.1) is 0 Å². The van der Waals surface area contributed by atoms with E-state index in [1.807, 2.05) is 13.8 Å². The van der Waals surface area contributed by atoms with E-state index in [2.05, 4.69) is 10.6 Å². The van der Waals surface area contributed by atoms with Gasteiger partial charge >= 0.3 is 6.16 Å². The minimum Gasteiger partial charge on any atom is -0.434 e. The lowest BCUT2D eigenvalue weighted by molar-refractivity contribution is -0.129. The van der Waals surface area contributed by atoms with Crippen LogP contribution in [-0.4, -0.2) is 48.0 Å². The van der Waals surface area contributed by atoms with Gasteiger partial charge in [0.05, 0.1) is 23.9 Å². The molecule has 33 heavy (non-hydrogen) atoms. The van der Waals surface area contributed by atoms with Crippen molar-refractivity contribution in [3.8, 4) is 5.75 Å². The van der Waals surface area contributed by atoms with Crippen LogP contribution in [0, 0.1) is 5.92 Å². The third kappa shape index (κ3) is 6.09. The Morgan fingerprint density at radius 3 is 2.24 bits per heavy atom. The summed E-state index contributed by atoms with van der Waals surface area (Å²) < 4.78 is 9.69. The van der Waals surface area contributed by atoms with Gasteiger partial charge in [0.1, 0.15) is 5.75 Å². The molecular formula is C24H27N3O6. The molecule has 0 radical (unpaired) electrons. The Morgan fingerprint density at radius 1 is 1.03 bits per heavy atom. The lowest BCUT2D eigenvalue weighted by Gasteiger charge is -2.21. The first-order chi connectivity index (χ1) is 15.8. The summed E-state index contributed by atoms with van der Waals surface area (Å²) >= 11 is 0. The van der Waals surface area contributed by atoms with E-state index >= 15 is 0 Å². The number of anilines is 2. The molecule has 2 aromatic rings. The Balaban J connectivity index is 1.64. The Bertz CT molecular complexity index is 1030. The van der Waals surface area contributed by atoms with Crippen molar-refractivity contribution in [3.63, 3.8) is 0 Å². The molecule has 1 fully saturated rings. The van der Waals surface area contributed by atoms with Crippen LogP contribution in [0.2, 0.25) is 0 Å². The fourth-order valence-electron chi connectivity index (χ4n) is 3.45. The molecule has 3 rings (SSSR count). The number of rotatable bonds is 7. The molecule has 2 N–H and O–H groups in total. The predicted molar refractivity (Wildman–Crippen MR) is 122 cm³/mol. The van der Waals surface area contributed by atoms with Crippen molar-refractivity contribution in [2.24, 2.45) is 5.92 Å². The number of carbonyl (C=O) groups is 4. The summed E-state index contributed by atoms with van der Waals surface area (Å²) in [5, 5.41) is 5.60. The molecule has 0 saturated carbocycles. The average Bonchev–Trinajstić information content (AvgIpc) is 3.18. The molecule has 1 heterocycles. The average molecular weight is 453 g/mol. The van der Waals surface area contributed by atoms with E-state index in [-0.39, 0.29) is 36.6 Å². The number of hydrogen-bond donors (Lipinski definition) is 2. The first kappa shape index (κ1) is 23.8. The van der Waals surface area contributed by atoms with E-state index in [1.54, 1.807) is 36.1 Å². The van der Waals surface area contributed by atoms with Gasteiger partial charge in [-0.1, -0.05) is 12.1 Å². The number of nitrogens with zero attached hydrogens (tertiary/aromatic N) is 1. The van der Waals surface area contributed by atoms with Gasteiger partial charge in [-0.25, -0.2) is 4.79 Å². The van der Waals surface area contributed by atoms with Crippen molar-refractivity contribution in [2.45, 2.75) is 33.2 Å². The first-order valence-electron chi connectivity index (χ1n) is 10.7. The van der Waals surface area contributed by atoms with E-state index in [0.717, 1.165) is 0 Å². The van der Waals surface area contributed by atoms with Crippen molar-refractivity contribution in [1.82, 2.24) is 4.90 Å². The lowest BCUT2D eigenvalue weighted by atomic mass is 10.1. The molecular weight excluding hydrogens is 426 g/mol. The third-order valence-electron chi connectivity index (χ3n) is 5.17. The van der Waals surface area contributed by atoms with Gasteiger partial charge < -0.3 is 25.0 Å². The fourth-order valence-corrected chi connectivity index (χ4v) is 3.45. The van der Waals surface area contributed by atoms with Crippen molar-refractivity contribution in [1.29, 1.82) is 0 Å². The van der Waals surface area contributed by atoms with Crippen LogP contribution in [0.25, 0.3) is 0 Å². The molecule has 0 spiro atoms. The number of amides is 3. The fraction of sp³-hybridized carbons (Fsp3) is 0.333. The van der Waals surface area contributed by atoms with Crippen LogP contribution in [0.3, 0.4) is 0 Å². The van der Waals surface area contributed by atoms with E-state index < -0.39 is 18.0 Å². The van der Waals surface area contributed by atoms with Crippen LogP contribution < -0.4 is 15.4 Å². The summed E-state index contributed by atoms with van der Waals surface area (Å²) in [5.74, 6) is -0.910. The Kier molecular flexibility index (Phi) is 7.66. The first-order valence-corrected chi connectivity index (χ1v) is 10.7. The molecule has 1 atom stereocenters. The molecule has 0 aromatic heterocycles. The zero-order valence-electron chi connectivity index (χ0n) is 18.8. The topological polar surface area (TPSA) is 114 Å². The molecule has 0 bridgehead atoms. The molecule has 174 valence electrons. The standard InChI is InChI=1S/C24H27N3O6/c1-4-32-24(31)33-18-11-9-16(10-12-18)22(29)25-19-7-5-6-8-20(19)26-23(30)17-13-21(28)27(14-17)15(2)3/h5-12,15,17H,4,13-14H2,1-3H3,(H,25,29)(H,26,30). The van der Waals surface area contributed by atoms with Gasteiger partial charge in [-0.05, 0) is 57.2 Å². The molecule has 1 saturated heterocycles. The number of hydrogen-bond acceptors (Lipinski definition) is 6. The Hall–Kier alpha value is -3.88. The Labute approximate surface area is 192 Å². The van der Waals surface area contributed by atoms with Crippen LogP contribution in [0.4, 0.5) is 16.2 Å². The summed E-state index contributed by atoms with van der Waals surface area (Å²) in [6.45, 7) is 6.07. The highest BCUT2D eigenvalue weighted by molar-refractivity contribution is 6.07. The Morgan fingerprint density at radius 2 is 1.67 bits per heavy atom. The smallest absolute Gasteiger partial charge is 0.434 e. The number of likely N-dealkylation sites (tertiary alicyclic amines) is 1. The lowest BCUT2D eigenvalue weighted by Crippen LogP contribution is -2.33. The van der Waals surface area contributed by atoms with E-state index in [9.17, 15) is 19.2 Å². The molecule has 2 aromatic carbocycles. The number of ether oxygens (including phenoxy) is 2. The minimum absolute atomic E-state index is 0.0379. The van der Waals surface area contributed by atoms with E-state index in [4.69, 9.17) is 9.47 Å². The number of benzene rings is 2. The molecule has 9 heteroatoms. The van der Waals surface area contributed by atoms with Gasteiger partial charge in [-0.3, -0.25) is 14.4 Å². The highest BCUT2D eigenvalue weighted by atomic mass is 16.7. The zero-order chi connectivity index (χ0) is 24.0. The molecule has 1 aliphatic heterocycles. The SMILES string of the molecule is CCOC(=O)Oc1ccc(C(=O)Nc2ccccc2NC(=O)C2CC(=O)N(C(C)C)C2)cc1. The monoisotopic (exact) mass is 453 g/mol. The van der Waals surface area contributed by atoms with Gasteiger partial charge in [0, 0.05) is 24.6 Å². The zero-order valence-corrected chi connectivity index (χ0v) is 18.8. The summed E-state index contributed by atoms with van der Waals surface area (Å²) in [4.78, 5) is 50.6. The van der Waals surface area contributed by atoms with Crippen molar-refractivity contribution >= 4 is 35.3 Å². The second kappa shape index (κ2) is 10.6. The van der Waals surface area contributed by atoms with Crippen LogP contribution in [0.1, 0.15) is 37.6 Å². The number of carbonyl (C=O) groups excluding carboxylic acids is 4. The van der Waals surface area contributed by atoms with Crippen LogP contribution in [0.15, 0.2) is 48.5 Å². The molecule has 0 aliphatic carbocycles. The summed E-state index contributed by atoms with van der Waals surface area (Å²) in [6, 6.07) is 12.9. The summed E-state index contributed by atoms with van der Waals surface area (Å²) in [6.07, 6.45) is -0.654. The van der Waals surface area contributed by atoms with Crippen molar-refractivity contribution in [3.05, 3.63) is 54.1 Å². The summed E-state index contributed by atoms with van der Waals surface area (Å²) in [7, 11) is 0. The van der Waals surface area contributed by atoms with Crippen LogP contribution in [-0.2, 0) is 14.3 Å². The van der Waals surface area contributed by atoms with Gasteiger partial charge in [0.25, 0.3) is 5.91 Å². The highest BCUT2D eigenvalue weighted by Gasteiger charge is 2.35. The van der Waals surface area contributed by atoms with Gasteiger partial charge in [0.2, 0.25) is 11.8 Å². The second-order valence-electron chi connectivity index (χ2n) is 7.84. The molecule has 1 unspecified atom stereocenters. The largest absolute Gasteiger partial charge is 0.513 e. The van der Waals surface area contributed by atoms with Crippen LogP contribution >= 0.6 is 0 Å². The minimum atomic E-state index is -0.820. The maximum Gasteiger partial charge on any atom is 0.513 e. The van der Waals surface area contributed by atoms with Crippen molar-refractivity contribution in [2.75, 3.05) is 23.8 Å². The van der Waals surface area contributed by atoms with Crippen molar-refractivity contribution < 1.29 is 28.7 Å². The summed E-state index contributed by atoms with van der Waals surface area (Å²) in [5.41, 5.74) is 1.20. The van der Waals surface area contributed by atoms with Gasteiger partial charge in [0.15, 0.2) is 0 Å². The molecule has 1 aliphatic rings. The highest BCUT2D eigenvalue weighted by Crippen LogP contribution is 2.26. The maximum atomic E-state index is 12.8. The number of para-hydroxylation sites is 2. The normalized spacial score (nSPS) is 15.3. The van der Waals surface area contributed by atoms with Crippen LogP contribution in [0.5, 0.6) is 5.75 Å². The second-order valence-corrected chi connectivity index (χ2v) is 7.84. The predicted octanol–water partition coefficient (Wildman–Crippen LogP) is 3.67. The third-order valence-corrected chi connectivity index (χ3v) is 5.17. The number of nitrogens with one attached hydrogen (secondary N) is 2. The van der Waals surface area contributed by atoms with Gasteiger partial charge in [-0.2, -0.15) is 0 Å². The molecule has 3 amide bonds. The molecule has 9 nitrogen and oxygen atoms in total. The quantitative estimate of drug-likeness (QED) is 0.488.